The van der Waals surface area contributed by atoms with Crippen LogP contribution in [-0.2, 0) is 16.6 Å². The highest BCUT2D eigenvalue weighted by molar-refractivity contribution is 5.66. The molecule has 0 aliphatic heterocycles. The van der Waals surface area contributed by atoms with E-state index in [1.54, 1.807) is 14.2 Å². The average Bonchev–Trinajstić information content (AvgIpc) is 2.43. The molecule has 1 aromatic carbocycles. The predicted molar refractivity (Wildman–Crippen MR) is 97.2 cm³/mol. The first-order chi connectivity index (χ1) is 11.0. The van der Waals surface area contributed by atoms with Crippen molar-refractivity contribution in [1.82, 2.24) is 0 Å². The summed E-state index contributed by atoms with van der Waals surface area (Å²) < 4.78 is 11.2. The Kier molecular flexibility index (Phi) is 6.70. The zero-order valence-electron chi connectivity index (χ0n) is 16.2. The molecule has 136 valence electrons. The summed E-state index contributed by atoms with van der Waals surface area (Å²) in [5.74, 6) is 0.873. The molecule has 4 nitrogen and oxygen atoms in total. The minimum absolute atomic E-state index is 0.0591. The number of carboxylic acid groups (broad SMARTS) is 1. The lowest BCUT2D eigenvalue weighted by Gasteiger charge is -2.34. The summed E-state index contributed by atoms with van der Waals surface area (Å²) in [6, 6.07) is 4.06. The molecule has 24 heavy (non-hydrogen) atoms. The average molecular weight is 336 g/mol. The van der Waals surface area contributed by atoms with Gasteiger partial charge in [0.25, 0.3) is 0 Å². The zero-order chi connectivity index (χ0) is 18.5. The van der Waals surface area contributed by atoms with Gasteiger partial charge in [-0.15, -0.1) is 0 Å². The normalized spacial score (nSPS) is 12.1. The summed E-state index contributed by atoms with van der Waals surface area (Å²) in [5.41, 5.74) is 2.25. The molecule has 1 rings (SSSR count). The van der Waals surface area contributed by atoms with E-state index in [0.29, 0.717) is 12.8 Å². The second kappa shape index (κ2) is 7.91. The lowest BCUT2D eigenvalue weighted by Crippen LogP contribution is -2.25. The number of carbonyl (C=O) groups is 1. The molecule has 4 heteroatoms. The Balaban J connectivity index is 3.20. The molecule has 0 aliphatic carbocycles. The van der Waals surface area contributed by atoms with E-state index in [2.05, 4.69) is 40.7 Å². The third-order valence-electron chi connectivity index (χ3n) is 4.14. The van der Waals surface area contributed by atoms with Crippen LogP contribution in [0.5, 0.6) is 11.5 Å². The quantitative estimate of drug-likeness (QED) is 0.739. The highest BCUT2D eigenvalue weighted by Crippen LogP contribution is 2.43. The molecule has 0 fully saturated rings. The highest BCUT2D eigenvalue weighted by Gasteiger charge is 2.31. The number of hydrogen-bond acceptors (Lipinski definition) is 3. The Labute approximate surface area is 146 Å². The van der Waals surface area contributed by atoms with Crippen molar-refractivity contribution in [3.8, 4) is 11.5 Å². The van der Waals surface area contributed by atoms with Gasteiger partial charge in [-0.05, 0) is 47.8 Å². The third-order valence-corrected chi connectivity index (χ3v) is 4.14. The molecular formula is C20H32O4. The first kappa shape index (κ1) is 20.3. The van der Waals surface area contributed by atoms with Crippen molar-refractivity contribution in [2.24, 2.45) is 5.41 Å². The molecule has 1 aromatic rings. The van der Waals surface area contributed by atoms with Gasteiger partial charge < -0.3 is 14.6 Å². The molecule has 0 bridgehead atoms. The number of hydrogen-bond donors (Lipinski definition) is 1. The fraction of sp³-hybridized carbons (Fsp3) is 0.650. The molecule has 0 atom stereocenters. The zero-order valence-corrected chi connectivity index (χ0v) is 16.2. The van der Waals surface area contributed by atoms with Gasteiger partial charge in [-0.2, -0.15) is 0 Å². The Morgan fingerprint density at radius 1 is 1.04 bits per heavy atom. The molecule has 0 saturated heterocycles. The Morgan fingerprint density at radius 3 is 2.08 bits per heavy atom. The smallest absolute Gasteiger partial charge is 0.303 e. The van der Waals surface area contributed by atoms with E-state index in [0.717, 1.165) is 29.0 Å². The monoisotopic (exact) mass is 336 g/mol. The Morgan fingerprint density at radius 2 is 1.62 bits per heavy atom. The summed E-state index contributed by atoms with van der Waals surface area (Å²) in [7, 11) is 3.34. The number of methoxy groups -OCH3 is 2. The van der Waals surface area contributed by atoms with Gasteiger partial charge in [0.2, 0.25) is 0 Å². The lowest BCUT2D eigenvalue weighted by molar-refractivity contribution is -0.137. The maximum atomic E-state index is 10.7. The SMILES string of the molecule is COc1cc(C(C)(C)CC(C)(C)C)c(OC)cc1CCCC(=O)O. The molecule has 0 amide bonds. The van der Waals surface area contributed by atoms with Crippen LogP contribution in [0.3, 0.4) is 0 Å². The van der Waals surface area contributed by atoms with Crippen LogP contribution in [0.4, 0.5) is 0 Å². The third kappa shape index (κ3) is 5.73. The second-order valence-corrected chi connectivity index (χ2v) is 8.23. The van der Waals surface area contributed by atoms with Gasteiger partial charge in [-0.25, -0.2) is 0 Å². The number of rotatable bonds is 8. The van der Waals surface area contributed by atoms with Crippen molar-refractivity contribution in [2.45, 2.75) is 65.7 Å². The van der Waals surface area contributed by atoms with Crippen molar-refractivity contribution in [3.63, 3.8) is 0 Å². The van der Waals surface area contributed by atoms with Gasteiger partial charge in [0, 0.05) is 12.0 Å². The first-order valence-electron chi connectivity index (χ1n) is 8.47. The molecule has 0 unspecified atom stereocenters. The topological polar surface area (TPSA) is 55.8 Å². The van der Waals surface area contributed by atoms with E-state index in [1.165, 1.54) is 0 Å². The van der Waals surface area contributed by atoms with Crippen LogP contribution >= 0.6 is 0 Å². The number of benzene rings is 1. The second-order valence-electron chi connectivity index (χ2n) is 8.23. The van der Waals surface area contributed by atoms with Gasteiger partial charge in [0.1, 0.15) is 11.5 Å². The van der Waals surface area contributed by atoms with Gasteiger partial charge >= 0.3 is 5.97 Å². The van der Waals surface area contributed by atoms with Crippen molar-refractivity contribution in [3.05, 3.63) is 23.3 Å². The van der Waals surface area contributed by atoms with Gasteiger partial charge in [0.15, 0.2) is 0 Å². The van der Waals surface area contributed by atoms with Crippen LogP contribution in [-0.4, -0.2) is 25.3 Å². The number of aliphatic carboxylic acids is 1. The summed E-state index contributed by atoms with van der Waals surface area (Å²) >= 11 is 0. The molecule has 0 heterocycles. The molecule has 0 saturated carbocycles. The Hall–Kier alpha value is -1.71. The molecule has 0 aromatic heterocycles. The largest absolute Gasteiger partial charge is 0.496 e. The summed E-state index contributed by atoms with van der Waals surface area (Å²) in [4.78, 5) is 10.7. The predicted octanol–water partition coefficient (Wildman–Crippen LogP) is 4.82. The van der Waals surface area contributed by atoms with E-state index in [4.69, 9.17) is 14.6 Å². The molecular weight excluding hydrogens is 304 g/mol. The van der Waals surface area contributed by atoms with E-state index in [9.17, 15) is 4.79 Å². The Bertz CT molecular complexity index is 568. The first-order valence-corrected chi connectivity index (χ1v) is 8.47. The van der Waals surface area contributed by atoms with E-state index in [-0.39, 0.29) is 17.3 Å². The van der Waals surface area contributed by atoms with Crippen LogP contribution in [0.1, 0.15) is 65.0 Å². The van der Waals surface area contributed by atoms with Crippen molar-refractivity contribution < 1.29 is 19.4 Å². The van der Waals surface area contributed by atoms with Crippen LogP contribution in [0.25, 0.3) is 0 Å². The fourth-order valence-corrected chi connectivity index (χ4v) is 3.54. The lowest BCUT2D eigenvalue weighted by atomic mass is 9.71. The van der Waals surface area contributed by atoms with E-state index in [1.807, 2.05) is 6.07 Å². The number of ether oxygens (including phenoxy) is 2. The van der Waals surface area contributed by atoms with Crippen LogP contribution in [0, 0.1) is 5.41 Å². The maximum absolute atomic E-state index is 10.7. The van der Waals surface area contributed by atoms with E-state index < -0.39 is 5.97 Å². The standard InChI is InChI=1S/C20H32O4/c1-19(2,3)13-20(4,5)15-12-16(23-6)14(11-17(15)24-7)9-8-10-18(21)22/h11-12H,8-10,13H2,1-7H3,(H,21,22). The number of carboxylic acids is 1. The van der Waals surface area contributed by atoms with E-state index >= 15 is 0 Å². The van der Waals surface area contributed by atoms with Crippen LogP contribution < -0.4 is 9.47 Å². The van der Waals surface area contributed by atoms with Crippen molar-refractivity contribution in [1.29, 1.82) is 0 Å². The molecule has 0 spiro atoms. The van der Waals surface area contributed by atoms with Gasteiger partial charge in [-0.3, -0.25) is 4.79 Å². The van der Waals surface area contributed by atoms with Crippen LogP contribution in [0.2, 0.25) is 0 Å². The van der Waals surface area contributed by atoms with Gasteiger partial charge in [0.05, 0.1) is 14.2 Å². The minimum Gasteiger partial charge on any atom is -0.496 e. The molecule has 1 N–H and O–H groups in total. The molecule has 0 aliphatic rings. The minimum atomic E-state index is -0.774. The van der Waals surface area contributed by atoms with Gasteiger partial charge in [-0.1, -0.05) is 34.6 Å². The van der Waals surface area contributed by atoms with Crippen molar-refractivity contribution >= 4 is 5.97 Å². The van der Waals surface area contributed by atoms with Crippen molar-refractivity contribution in [2.75, 3.05) is 14.2 Å². The number of aryl methyl sites for hydroxylation is 1. The fourth-order valence-electron chi connectivity index (χ4n) is 3.54. The molecule has 0 radical (unpaired) electrons. The summed E-state index contributed by atoms with van der Waals surface area (Å²) in [6.45, 7) is 11.1. The maximum Gasteiger partial charge on any atom is 0.303 e. The summed E-state index contributed by atoms with van der Waals surface area (Å²) in [5, 5.41) is 8.82. The van der Waals surface area contributed by atoms with Crippen LogP contribution in [0.15, 0.2) is 12.1 Å². The highest BCUT2D eigenvalue weighted by atomic mass is 16.5. The summed E-state index contributed by atoms with van der Waals surface area (Å²) in [6.07, 6.45) is 2.41.